The maximum absolute atomic E-state index is 4.00. The van der Waals surface area contributed by atoms with Gasteiger partial charge in [0.2, 0.25) is 0 Å². The van der Waals surface area contributed by atoms with Crippen LogP contribution in [-0.2, 0) is 0 Å². The van der Waals surface area contributed by atoms with E-state index in [0.717, 1.165) is 0 Å². The molecular weight excluding hydrogens is 204 g/mol. The summed E-state index contributed by atoms with van der Waals surface area (Å²) in [7, 11) is 0. The average molecular weight is 236 g/mol. The Morgan fingerprint density at radius 1 is 1.00 bits per heavy atom. The first kappa shape index (κ1) is 24.8. The molecule has 0 rings (SSSR count). The molecule has 17 heavy (non-hydrogen) atoms. The number of allylic oxidation sites excluding steroid dienone is 5. The van der Waals surface area contributed by atoms with Crippen LogP contribution in [0, 0.1) is 18.8 Å². The van der Waals surface area contributed by atoms with E-state index in [1.165, 1.54) is 12.8 Å². The Labute approximate surface area is 111 Å². The lowest BCUT2D eigenvalue weighted by Crippen LogP contribution is -1.82. The van der Waals surface area contributed by atoms with Gasteiger partial charge in [-0.05, 0) is 5.92 Å². The number of terminal acetylenes is 1. The predicted octanol–water partition coefficient (Wildman–Crippen LogP) is 6.02. The van der Waals surface area contributed by atoms with Gasteiger partial charge in [0.25, 0.3) is 0 Å². The summed E-state index contributed by atoms with van der Waals surface area (Å²) in [6.45, 7) is 16.2. The van der Waals surface area contributed by atoms with Crippen LogP contribution in [0.3, 0.4) is 0 Å². The van der Waals surface area contributed by atoms with Gasteiger partial charge in [-0.25, -0.2) is 0 Å². The highest BCUT2D eigenvalue weighted by Gasteiger charge is 1.86. The quantitative estimate of drug-likeness (QED) is 0.413. The minimum absolute atomic E-state index is 0.689. The first-order chi connectivity index (χ1) is 8.22. The number of hydrogen-bond donors (Lipinski definition) is 0. The molecule has 0 heterocycles. The second-order valence-electron chi connectivity index (χ2n) is 3.10. The van der Waals surface area contributed by atoms with E-state index in [1.807, 2.05) is 26.0 Å². The fraction of sp³-hybridized carbons (Fsp3) is 0.529. The van der Waals surface area contributed by atoms with Crippen LogP contribution in [0.15, 0.2) is 37.0 Å². The molecule has 0 bridgehead atoms. The van der Waals surface area contributed by atoms with Crippen LogP contribution < -0.4 is 0 Å². The predicted molar refractivity (Wildman–Crippen MR) is 85.1 cm³/mol. The topological polar surface area (TPSA) is 0 Å². The molecule has 1 atom stereocenters. The molecule has 0 saturated heterocycles. The number of hydrogen-bond acceptors (Lipinski definition) is 0. The molecule has 1 unspecified atom stereocenters. The van der Waals surface area contributed by atoms with Gasteiger partial charge in [0.15, 0.2) is 0 Å². The normalized spacial score (nSPS) is 10.1. The van der Waals surface area contributed by atoms with Crippen molar-refractivity contribution < 1.29 is 0 Å². The van der Waals surface area contributed by atoms with Crippen molar-refractivity contribution in [1.82, 2.24) is 0 Å². The van der Waals surface area contributed by atoms with Crippen LogP contribution in [0.1, 0.15) is 54.4 Å². The monoisotopic (exact) mass is 236 g/mol. The zero-order valence-electron chi connectivity index (χ0n) is 12.7. The zero-order chi connectivity index (χ0) is 14.5. The fourth-order valence-electron chi connectivity index (χ4n) is 0.533. The molecular formula is C17H32. The summed E-state index contributed by atoms with van der Waals surface area (Å²) < 4.78 is 0. The van der Waals surface area contributed by atoms with Gasteiger partial charge in [0, 0.05) is 0 Å². The van der Waals surface area contributed by atoms with Crippen molar-refractivity contribution in [2.24, 2.45) is 5.92 Å². The molecule has 0 aromatic heterocycles. The van der Waals surface area contributed by atoms with Crippen molar-refractivity contribution in [3.8, 4) is 12.8 Å². The van der Waals surface area contributed by atoms with E-state index in [-0.39, 0.29) is 0 Å². The van der Waals surface area contributed by atoms with E-state index in [1.54, 1.807) is 6.08 Å². The second-order valence-corrected chi connectivity index (χ2v) is 3.10. The summed E-state index contributed by atoms with van der Waals surface area (Å²) >= 11 is 0. The van der Waals surface area contributed by atoms with Crippen molar-refractivity contribution in [1.29, 1.82) is 0 Å². The fourth-order valence-corrected chi connectivity index (χ4v) is 0.533. The van der Waals surface area contributed by atoms with E-state index in [2.05, 4.69) is 59.3 Å². The van der Waals surface area contributed by atoms with Crippen molar-refractivity contribution >= 4 is 0 Å². The summed E-state index contributed by atoms with van der Waals surface area (Å²) in [5, 5.41) is 0. The third-order valence-electron chi connectivity index (χ3n) is 1.44. The van der Waals surface area contributed by atoms with Gasteiger partial charge in [-0.15, -0.1) is 12.8 Å². The van der Waals surface area contributed by atoms with Gasteiger partial charge in [-0.3, -0.25) is 0 Å². The lowest BCUT2D eigenvalue weighted by molar-refractivity contribution is 0.698. The molecule has 100 valence electrons. The Morgan fingerprint density at radius 3 is 1.71 bits per heavy atom. The molecule has 0 saturated carbocycles. The Bertz CT molecular complexity index is 170. The molecule has 0 aliphatic rings. The molecule has 0 fully saturated rings. The van der Waals surface area contributed by atoms with E-state index in [9.17, 15) is 0 Å². The molecule has 0 radical (unpaired) electrons. The standard InChI is InChI=1S/C10H16.C3H8.C2H6.C2H2/c1-4-6-7-8-9-10(3)5-2;1-3-2;2*1-2/h4,6-10H,1,5H2,2-3H3;3H2,1-2H3;1-2H3;1-2H/b7-6-,9-8-;;;. The molecule has 0 aliphatic carbocycles. The van der Waals surface area contributed by atoms with Crippen molar-refractivity contribution in [2.75, 3.05) is 0 Å². The van der Waals surface area contributed by atoms with Gasteiger partial charge in [-0.1, -0.05) is 91.3 Å². The largest absolute Gasteiger partial charge is 0.124 e. The van der Waals surface area contributed by atoms with Gasteiger partial charge in [0.1, 0.15) is 0 Å². The van der Waals surface area contributed by atoms with Crippen LogP contribution in [0.4, 0.5) is 0 Å². The third-order valence-corrected chi connectivity index (χ3v) is 1.44. The number of rotatable bonds is 4. The first-order valence-corrected chi connectivity index (χ1v) is 6.52. The third kappa shape index (κ3) is 52.5. The van der Waals surface area contributed by atoms with E-state index >= 15 is 0 Å². The van der Waals surface area contributed by atoms with E-state index < -0.39 is 0 Å². The molecule has 0 amide bonds. The summed E-state index contributed by atoms with van der Waals surface area (Å²) in [5.41, 5.74) is 0. The molecule has 0 spiro atoms. The Kier molecular flexibility index (Phi) is 53.2. The lowest BCUT2D eigenvalue weighted by Gasteiger charge is -1.96. The molecule has 0 N–H and O–H groups in total. The highest BCUT2D eigenvalue weighted by atomic mass is 13.9. The van der Waals surface area contributed by atoms with Crippen molar-refractivity contribution in [2.45, 2.75) is 54.4 Å². The molecule has 0 aromatic rings. The smallest absolute Gasteiger partial charge is 0.0261 e. The van der Waals surface area contributed by atoms with E-state index in [0.29, 0.717) is 5.92 Å². The summed E-state index contributed by atoms with van der Waals surface area (Å²) in [6, 6.07) is 0. The second kappa shape index (κ2) is 36.4. The van der Waals surface area contributed by atoms with Crippen LogP contribution in [0.2, 0.25) is 0 Å². The van der Waals surface area contributed by atoms with Crippen LogP contribution in [0.25, 0.3) is 0 Å². The van der Waals surface area contributed by atoms with Crippen molar-refractivity contribution in [3.05, 3.63) is 37.0 Å². The van der Waals surface area contributed by atoms with Crippen LogP contribution >= 0.6 is 0 Å². The molecule has 0 aromatic carbocycles. The summed E-state index contributed by atoms with van der Waals surface area (Å²) in [4.78, 5) is 0. The maximum atomic E-state index is 4.00. The SMILES string of the molecule is C#C.C=C/C=C\C=C/C(C)CC.CC.CCC. The Hall–Kier alpha value is -1.22. The minimum atomic E-state index is 0.689. The lowest BCUT2D eigenvalue weighted by atomic mass is 10.1. The summed E-state index contributed by atoms with van der Waals surface area (Å²) in [6.07, 6.45) is 20.4. The zero-order valence-corrected chi connectivity index (χ0v) is 12.7. The van der Waals surface area contributed by atoms with E-state index in [4.69, 9.17) is 0 Å². The first-order valence-electron chi connectivity index (χ1n) is 6.52. The van der Waals surface area contributed by atoms with Gasteiger partial charge >= 0.3 is 0 Å². The summed E-state index contributed by atoms with van der Waals surface area (Å²) in [5.74, 6) is 0.689. The Balaban J connectivity index is -0.000000102. The van der Waals surface area contributed by atoms with Gasteiger partial charge < -0.3 is 0 Å². The Morgan fingerprint density at radius 2 is 1.41 bits per heavy atom. The molecule has 0 nitrogen and oxygen atoms in total. The highest BCUT2D eigenvalue weighted by molar-refractivity contribution is 5.09. The van der Waals surface area contributed by atoms with Gasteiger partial charge in [0.05, 0.1) is 0 Å². The van der Waals surface area contributed by atoms with Crippen LogP contribution in [-0.4, -0.2) is 0 Å². The van der Waals surface area contributed by atoms with Crippen molar-refractivity contribution in [3.63, 3.8) is 0 Å². The highest BCUT2D eigenvalue weighted by Crippen LogP contribution is 2.01. The molecule has 0 heteroatoms. The van der Waals surface area contributed by atoms with Gasteiger partial charge in [-0.2, -0.15) is 0 Å². The minimum Gasteiger partial charge on any atom is -0.124 e. The van der Waals surface area contributed by atoms with Crippen LogP contribution in [0.5, 0.6) is 0 Å². The maximum Gasteiger partial charge on any atom is -0.0261 e. The average Bonchev–Trinajstić information content (AvgIpc) is 2.40. The molecule has 0 aliphatic heterocycles.